The number of para-hydroxylation sites is 2. The Balaban J connectivity index is 2.28. The Morgan fingerprint density at radius 1 is 1.46 bits per heavy atom. The fourth-order valence-electron chi connectivity index (χ4n) is 1.22. The molecular formula is C10H11NO2. The molecular weight excluding hydrogens is 166 g/mol. The van der Waals surface area contributed by atoms with Gasteiger partial charge in [-0.15, -0.1) is 0 Å². The normalized spacial score (nSPS) is 14.1. The fourth-order valence-corrected chi connectivity index (χ4v) is 1.22. The Morgan fingerprint density at radius 2 is 2.31 bits per heavy atom. The molecule has 0 bridgehead atoms. The molecule has 1 heterocycles. The lowest BCUT2D eigenvalue weighted by atomic mass is 10.3. The first kappa shape index (κ1) is 8.10. The molecule has 0 aromatic heterocycles. The van der Waals surface area contributed by atoms with E-state index in [0.29, 0.717) is 19.1 Å². The minimum absolute atomic E-state index is 0.435. The van der Waals surface area contributed by atoms with Crippen LogP contribution in [0.2, 0.25) is 0 Å². The smallest absolute Gasteiger partial charge is 0.227 e. The van der Waals surface area contributed by atoms with E-state index in [0.717, 1.165) is 11.4 Å². The van der Waals surface area contributed by atoms with Crippen LogP contribution in [0.25, 0.3) is 0 Å². The van der Waals surface area contributed by atoms with Crippen LogP contribution in [0.1, 0.15) is 6.92 Å². The van der Waals surface area contributed by atoms with Gasteiger partial charge in [0.2, 0.25) is 5.90 Å². The number of aliphatic imine (C=N–C) groups is 1. The Hall–Kier alpha value is -1.51. The zero-order chi connectivity index (χ0) is 9.10. The van der Waals surface area contributed by atoms with Crippen LogP contribution in [0.4, 0.5) is 5.69 Å². The first-order valence-electron chi connectivity index (χ1n) is 4.32. The monoisotopic (exact) mass is 177 g/mol. The maximum absolute atomic E-state index is 5.43. The predicted octanol–water partition coefficient (Wildman–Crippen LogP) is 2.15. The van der Waals surface area contributed by atoms with Crippen LogP contribution in [-0.4, -0.2) is 19.1 Å². The van der Waals surface area contributed by atoms with E-state index in [-0.39, 0.29) is 0 Å². The summed E-state index contributed by atoms with van der Waals surface area (Å²) in [5.74, 6) is 1.48. The highest BCUT2D eigenvalue weighted by molar-refractivity contribution is 5.83. The molecule has 3 heteroatoms. The summed E-state index contributed by atoms with van der Waals surface area (Å²) in [6.07, 6.45) is 0. The Labute approximate surface area is 77.0 Å². The molecule has 0 N–H and O–H groups in total. The van der Waals surface area contributed by atoms with Gasteiger partial charge in [-0.3, -0.25) is 0 Å². The summed E-state index contributed by atoms with van der Waals surface area (Å²) >= 11 is 0. The first-order chi connectivity index (χ1) is 6.40. The number of ether oxygens (including phenoxy) is 2. The van der Waals surface area contributed by atoms with Crippen molar-refractivity contribution in [2.75, 3.05) is 13.2 Å². The van der Waals surface area contributed by atoms with E-state index >= 15 is 0 Å². The molecule has 0 atom stereocenters. The Kier molecular flexibility index (Phi) is 2.17. The number of hydrogen-bond acceptors (Lipinski definition) is 3. The van der Waals surface area contributed by atoms with Gasteiger partial charge >= 0.3 is 0 Å². The van der Waals surface area contributed by atoms with Crippen LogP contribution in [0.5, 0.6) is 5.75 Å². The predicted molar refractivity (Wildman–Crippen MR) is 50.7 cm³/mol. The zero-order valence-electron chi connectivity index (χ0n) is 7.49. The van der Waals surface area contributed by atoms with Gasteiger partial charge in [0.25, 0.3) is 0 Å². The van der Waals surface area contributed by atoms with Crippen LogP contribution >= 0.6 is 0 Å². The van der Waals surface area contributed by atoms with Crippen molar-refractivity contribution in [3.63, 3.8) is 0 Å². The number of benzene rings is 1. The van der Waals surface area contributed by atoms with Crippen molar-refractivity contribution in [2.24, 2.45) is 4.99 Å². The van der Waals surface area contributed by atoms with Crippen molar-refractivity contribution in [3.8, 4) is 5.75 Å². The molecule has 1 aromatic carbocycles. The van der Waals surface area contributed by atoms with Gasteiger partial charge in [-0.2, -0.15) is 0 Å². The molecule has 13 heavy (non-hydrogen) atoms. The molecule has 0 spiro atoms. The van der Waals surface area contributed by atoms with Gasteiger partial charge in [-0.05, 0) is 19.1 Å². The van der Waals surface area contributed by atoms with Crippen molar-refractivity contribution in [1.29, 1.82) is 0 Å². The maximum atomic E-state index is 5.43. The van der Waals surface area contributed by atoms with Crippen molar-refractivity contribution < 1.29 is 9.47 Å². The Bertz CT molecular complexity index is 333. The lowest BCUT2D eigenvalue weighted by Gasteiger charge is -2.16. The number of rotatable bonds is 1. The SMILES string of the molecule is CCOC1=Nc2ccccc2OC1. The van der Waals surface area contributed by atoms with E-state index in [9.17, 15) is 0 Å². The van der Waals surface area contributed by atoms with E-state index in [1.165, 1.54) is 0 Å². The molecule has 0 saturated carbocycles. The molecule has 3 nitrogen and oxygen atoms in total. The summed E-state index contributed by atoms with van der Waals surface area (Å²) < 4.78 is 10.7. The van der Waals surface area contributed by atoms with Gasteiger partial charge in [0, 0.05) is 0 Å². The molecule has 0 amide bonds. The lowest BCUT2D eigenvalue weighted by molar-refractivity contribution is 0.271. The third kappa shape index (κ3) is 1.64. The van der Waals surface area contributed by atoms with Crippen LogP contribution in [0.15, 0.2) is 29.3 Å². The van der Waals surface area contributed by atoms with Gasteiger partial charge in [0.1, 0.15) is 11.4 Å². The molecule has 1 aromatic rings. The molecule has 0 radical (unpaired) electrons. The van der Waals surface area contributed by atoms with Gasteiger partial charge in [0.15, 0.2) is 6.61 Å². The number of nitrogens with zero attached hydrogens (tertiary/aromatic N) is 1. The summed E-state index contributed by atoms with van der Waals surface area (Å²) in [7, 11) is 0. The summed E-state index contributed by atoms with van der Waals surface area (Å²) in [6, 6.07) is 7.68. The summed E-state index contributed by atoms with van der Waals surface area (Å²) in [6.45, 7) is 3.00. The maximum Gasteiger partial charge on any atom is 0.227 e. The highest BCUT2D eigenvalue weighted by Gasteiger charge is 2.12. The van der Waals surface area contributed by atoms with Crippen molar-refractivity contribution in [2.45, 2.75) is 6.92 Å². The summed E-state index contributed by atoms with van der Waals surface area (Å²) in [5.41, 5.74) is 0.845. The zero-order valence-corrected chi connectivity index (χ0v) is 7.49. The van der Waals surface area contributed by atoms with Crippen LogP contribution < -0.4 is 4.74 Å². The molecule has 0 aliphatic carbocycles. The summed E-state index contributed by atoms with van der Waals surface area (Å²) in [4.78, 5) is 4.30. The van der Waals surface area contributed by atoms with Gasteiger partial charge < -0.3 is 9.47 Å². The van der Waals surface area contributed by atoms with Gasteiger partial charge in [-0.1, -0.05) is 12.1 Å². The second-order valence-electron chi connectivity index (χ2n) is 2.69. The standard InChI is InChI=1S/C10H11NO2/c1-2-12-10-7-13-9-6-4-3-5-8(9)11-10/h3-6H,2,7H2,1H3. The van der Waals surface area contributed by atoms with Crippen LogP contribution in [0.3, 0.4) is 0 Å². The van der Waals surface area contributed by atoms with E-state index in [2.05, 4.69) is 4.99 Å². The second kappa shape index (κ2) is 3.47. The van der Waals surface area contributed by atoms with Crippen molar-refractivity contribution >= 4 is 11.6 Å². The van der Waals surface area contributed by atoms with Crippen molar-refractivity contribution in [1.82, 2.24) is 0 Å². The fraction of sp³-hybridized carbons (Fsp3) is 0.300. The van der Waals surface area contributed by atoms with Crippen LogP contribution in [0, 0.1) is 0 Å². The first-order valence-corrected chi connectivity index (χ1v) is 4.32. The van der Waals surface area contributed by atoms with Crippen LogP contribution in [-0.2, 0) is 4.74 Å². The molecule has 1 aliphatic heterocycles. The van der Waals surface area contributed by atoms with E-state index in [1.807, 2.05) is 31.2 Å². The molecule has 0 unspecified atom stereocenters. The largest absolute Gasteiger partial charge is 0.482 e. The Morgan fingerprint density at radius 3 is 3.15 bits per heavy atom. The molecule has 2 rings (SSSR count). The molecule has 0 saturated heterocycles. The average molecular weight is 177 g/mol. The van der Waals surface area contributed by atoms with E-state index < -0.39 is 0 Å². The molecule has 68 valence electrons. The molecule has 1 aliphatic rings. The third-order valence-electron chi connectivity index (χ3n) is 1.77. The third-order valence-corrected chi connectivity index (χ3v) is 1.77. The lowest BCUT2D eigenvalue weighted by Crippen LogP contribution is -2.17. The average Bonchev–Trinajstić information content (AvgIpc) is 2.18. The van der Waals surface area contributed by atoms with Gasteiger partial charge in [-0.25, -0.2) is 4.99 Å². The number of fused-ring (bicyclic) bond motifs is 1. The highest BCUT2D eigenvalue weighted by atomic mass is 16.5. The summed E-state index contributed by atoms with van der Waals surface area (Å²) in [5, 5.41) is 0. The number of hydrogen-bond donors (Lipinski definition) is 0. The highest BCUT2D eigenvalue weighted by Crippen LogP contribution is 2.29. The second-order valence-corrected chi connectivity index (χ2v) is 2.69. The van der Waals surface area contributed by atoms with E-state index in [4.69, 9.17) is 9.47 Å². The topological polar surface area (TPSA) is 30.8 Å². The van der Waals surface area contributed by atoms with Gasteiger partial charge in [0.05, 0.1) is 6.61 Å². The van der Waals surface area contributed by atoms with Crippen molar-refractivity contribution in [3.05, 3.63) is 24.3 Å². The minimum atomic E-state index is 0.435. The minimum Gasteiger partial charge on any atom is -0.482 e. The van der Waals surface area contributed by atoms with E-state index in [1.54, 1.807) is 0 Å². The quantitative estimate of drug-likeness (QED) is 0.658. The molecule has 0 fully saturated rings.